The van der Waals surface area contributed by atoms with Crippen molar-refractivity contribution in [3.8, 4) is 0 Å². The van der Waals surface area contributed by atoms with Gasteiger partial charge in [-0.2, -0.15) is 0 Å². The van der Waals surface area contributed by atoms with E-state index in [1.165, 1.54) is 0 Å². The molecule has 0 spiro atoms. The molecule has 0 N–H and O–H groups in total. The van der Waals surface area contributed by atoms with E-state index in [2.05, 4.69) is 13.2 Å². The van der Waals surface area contributed by atoms with E-state index in [0.717, 1.165) is 20.9 Å². The van der Waals surface area contributed by atoms with Gasteiger partial charge in [0.05, 0.1) is 0 Å². The van der Waals surface area contributed by atoms with Crippen molar-refractivity contribution in [2.45, 2.75) is 0 Å². The van der Waals surface area contributed by atoms with Crippen molar-refractivity contribution in [3.63, 3.8) is 0 Å². The van der Waals surface area contributed by atoms with E-state index in [1.54, 1.807) is 0 Å². The summed E-state index contributed by atoms with van der Waals surface area (Å²) in [5.74, 6) is 0. The second-order valence-electron chi connectivity index (χ2n) is 1.24. The fourth-order valence-corrected chi connectivity index (χ4v) is 0.862. The molecule has 0 rings (SSSR count). The van der Waals surface area contributed by atoms with Crippen LogP contribution in [-0.2, 0) is 0 Å². The first-order valence-electron chi connectivity index (χ1n) is 2.34. The second kappa shape index (κ2) is 10.5. The predicted octanol–water partition coefficient (Wildman–Crippen LogP) is 1.39. The molecule has 8 heavy (non-hydrogen) atoms. The van der Waals surface area contributed by atoms with Crippen LogP contribution in [0.3, 0.4) is 0 Å². The molecule has 0 aliphatic rings. The SMILES string of the molecule is C=CCPCC=C.[LiH]. The van der Waals surface area contributed by atoms with Crippen LogP contribution in [0.4, 0.5) is 0 Å². The third kappa shape index (κ3) is 9.72. The van der Waals surface area contributed by atoms with E-state index < -0.39 is 0 Å². The fourth-order valence-electron chi connectivity index (χ4n) is 0.287. The normalized spacial score (nSPS) is 7.00. The van der Waals surface area contributed by atoms with Gasteiger partial charge in [0, 0.05) is 0 Å². The van der Waals surface area contributed by atoms with E-state index >= 15 is 0 Å². The van der Waals surface area contributed by atoms with Gasteiger partial charge in [0.2, 0.25) is 0 Å². The molecule has 2 heteroatoms. The maximum atomic E-state index is 3.61. The summed E-state index contributed by atoms with van der Waals surface area (Å²) in [7, 11) is 0.996. The minimum absolute atomic E-state index is 0. The molecule has 0 unspecified atom stereocenters. The molecule has 0 atom stereocenters. The van der Waals surface area contributed by atoms with E-state index in [1.807, 2.05) is 12.2 Å². The molecule has 0 amide bonds. The Morgan fingerprint density at radius 3 is 1.75 bits per heavy atom. The third-order valence-corrected chi connectivity index (χ3v) is 1.73. The maximum absolute atomic E-state index is 3.61. The van der Waals surface area contributed by atoms with Crippen LogP contribution in [0.2, 0.25) is 0 Å². The molecule has 0 heterocycles. The Hall–Kier alpha value is 0.507. The Labute approximate surface area is 65.4 Å². The standard InChI is InChI=1S/C6H11P.Li.H/c1-3-5-7-6-4-2;;/h3-4,7H,1-2,5-6H2;;. The second-order valence-corrected chi connectivity index (χ2v) is 2.55. The molecule has 0 radical (unpaired) electrons. The van der Waals surface area contributed by atoms with Crippen LogP contribution in [0.25, 0.3) is 0 Å². The first kappa shape index (κ1) is 11.3. The van der Waals surface area contributed by atoms with Gasteiger partial charge in [-0.3, -0.25) is 0 Å². The van der Waals surface area contributed by atoms with Crippen LogP contribution in [-0.4, -0.2) is 31.2 Å². The van der Waals surface area contributed by atoms with Gasteiger partial charge in [-0.05, 0) is 12.3 Å². The Morgan fingerprint density at radius 2 is 1.50 bits per heavy atom. The summed E-state index contributed by atoms with van der Waals surface area (Å²) >= 11 is 0. The zero-order valence-electron chi connectivity index (χ0n) is 4.48. The van der Waals surface area contributed by atoms with Gasteiger partial charge in [-0.1, -0.05) is 12.2 Å². The quantitative estimate of drug-likeness (QED) is 0.229. The van der Waals surface area contributed by atoms with Crippen molar-refractivity contribution in [3.05, 3.63) is 25.3 Å². The van der Waals surface area contributed by atoms with Gasteiger partial charge < -0.3 is 0 Å². The molecule has 0 aromatic rings. The molecule has 0 aromatic heterocycles. The van der Waals surface area contributed by atoms with Crippen molar-refractivity contribution in [2.24, 2.45) is 0 Å². The summed E-state index contributed by atoms with van der Waals surface area (Å²) in [4.78, 5) is 0. The molecule has 0 aliphatic carbocycles. The molecule has 0 aromatic carbocycles. The molecule has 42 valence electrons. The Kier molecular flexibility index (Phi) is 14.8. The van der Waals surface area contributed by atoms with E-state index in [9.17, 15) is 0 Å². The molecule has 0 bridgehead atoms. The zero-order chi connectivity index (χ0) is 5.54. The third-order valence-electron chi connectivity index (χ3n) is 0.577. The van der Waals surface area contributed by atoms with E-state index in [0.29, 0.717) is 0 Å². The van der Waals surface area contributed by atoms with Crippen LogP contribution < -0.4 is 0 Å². The average molecular weight is 122 g/mol. The fraction of sp³-hybridized carbons (Fsp3) is 0.333. The van der Waals surface area contributed by atoms with Crippen LogP contribution in [0.1, 0.15) is 0 Å². The van der Waals surface area contributed by atoms with Gasteiger partial charge >= 0.3 is 18.9 Å². The van der Waals surface area contributed by atoms with Crippen molar-refractivity contribution in [1.82, 2.24) is 0 Å². The van der Waals surface area contributed by atoms with Crippen LogP contribution >= 0.6 is 8.58 Å². The van der Waals surface area contributed by atoms with Crippen molar-refractivity contribution in [2.75, 3.05) is 12.3 Å². The Morgan fingerprint density at radius 1 is 1.12 bits per heavy atom. The summed E-state index contributed by atoms with van der Waals surface area (Å²) < 4.78 is 0. The van der Waals surface area contributed by atoms with Gasteiger partial charge in [0.1, 0.15) is 0 Å². The summed E-state index contributed by atoms with van der Waals surface area (Å²) in [5, 5.41) is 0. The Bertz CT molecular complexity index is 53.5. The van der Waals surface area contributed by atoms with Crippen LogP contribution in [0.15, 0.2) is 25.3 Å². The zero-order valence-corrected chi connectivity index (χ0v) is 5.48. The number of allylic oxidation sites excluding steroid dienone is 2. The van der Waals surface area contributed by atoms with Gasteiger partial charge in [-0.15, -0.1) is 21.7 Å². The Balaban J connectivity index is 0. The predicted molar refractivity (Wildman–Crippen MR) is 45.6 cm³/mol. The molecule has 0 aliphatic heterocycles. The summed E-state index contributed by atoms with van der Waals surface area (Å²) in [5.41, 5.74) is 0. The van der Waals surface area contributed by atoms with E-state index in [4.69, 9.17) is 0 Å². The summed E-state index contributed by atoms with van der Waals surface area (Å²) in [6.07, 6.45) is 6.18. The molecular weight excluding hydrogens is 110 g/mol. The van der Waals surface area contributed by atoms with Crippen LogP contribution in [0, 0.1) is 0 Å². The molecule has 0 fully saturated rings. The van der Waals surface area contributed by atoms with Gasteiger partial charge in [0.25, 0.3) is 0 Å². The number of rotatable bonds is 4. The van der Waals surface area contributed by atoms with Crippen LogP contribution in [0.5, 0.6) is 0 Å². The average Bonchev–Trinajstić information content (AvgIpc) is 1.69. The summed E-state index contributed by atoms with van der Waals surface area (Å²) in [6, 6.07) is 0. The number of hydrogen-bond acceptors (Lipinski definition) is 0. The summed E-state index contributed by atoms with van der Waals surface area (Å²) in [6.45, 7) is 7.21. The van der Waals surface area contributed by atoms with E-state index in [-0.39, 0.29) is 18.9 Å². The molecule has 0 saturated heterocycles. The van der Waals surface area contributed by atoms with Crippen molar-refractivity contribution < 1.29 is 0 Å². The number of hydrogen-bond donors (Lipinski definition) is 0. The first-order valence-corrected chi connectivity index (χ1v) is 3.75. The van der Waals surface area contributed by atoms with Crippen molar-refractivity contribution >= 4 is 27.4 Å². The minimum atomic E-state index is 0. The molecular formula is C6H12LiP. The molecule has 0 saturated carbocycles. The van der Waals surface area contributed by atoms with Gasteiger partial charge in [-0.25, -0.2) is 0 Å². The van der Waals surface area contributed by atoms with Crippen molar-refractivity contribution in [1.29, 1.82) is 0 Å². The molecule has 0 nitrogen and oxygen atoms in total. The van der Waals surface area contributed by atoms with Gasteiger partial charge in [0.15, 0.2) is 0 Å². The monoisotopic (exact) mass is 122 g/mol. The topological polar surface area (TPSA) is 0 Å². The first-order chi connectivity index (χ1) is 3.41.